The second-order valence-corrected chi connectivity index (χ2v) is 5.30. The molecule has 0 aliphatic heterocycles. The normalized spacial score (nSPS) is 13.4. The Bertz CT molecular complexity index is 285. The van der Waals surface area contributed by atoms with Gasteiger partial charge in [-0.2, -0.15) is 0 Å². The molecule has 0 fully saturated rings. The van der Waals surface area contributed by atoms with E-state index in [9.17, 15) is 0 Å². The maximum Gasteiger partial charge on any atom is 0.0897 e. The van der Waals surface area contributed by atoms with Gasteiger partial charge in [0, 0.05) is 18.5 Å². The SMILES string of the molecule is Cc1nc(CN(C)CC(C)CCN)cs1. The Kier molecular flexibility index (Phi) is 5.22. The zero-order chi connectivity index (χ0) is 11.3. The zero-order valence-corrected chi connectivity index (χ0v) is 10.7. The molecule has 4 heteroatoms. The van der Waals surface area contributed by atoms with E-state index in [1.165, 1.54) is 5.69 Å². The summed E-state index contributed by atoms with van der Waals surface area (Å²) < 4.78 is 0. The molecular weight excluding hydrogens is 206 g/mol. The highest BCUT2D eigenvalue weighted by Crippen LogP contribution is 2.11. The van der Waals surface area contributed by atoms with Crippen LogP contribution in [-0.4, -0.2) is 30.0 Å². The summed E-state index contributed by atoms with van der Waals surface area (Å²) >= 11 is 1.72. The molecular formula is C11H21N3S. The van der Waals surface area contributed by atoms with Crippen molar-refractivity contribution in [2.24, 2.45) is 11.7 Å². The second kappa shape index (κ2) is 6.20. The van der Waals surface area contributed by atoms with Crippen molar-refractivity contribution in [1.29, 1.82) is 0 Å². The summed E-state index contributed by atoms with van der Waals surface area (Å²) in [4.78, 5) is 6.77. The molecule has 2 N–H and O–H groups in total. The summed E-state index contributed by atoms with van der Waals surface area (Å²) in [5.74, 6) is 0.666. The molecule has 0 amide bonds. The van der Waals surface area contributed by atoms with E-state index in [4.69, 9.17) is 5.73 Å². The zero-order valence-electron chi connectivity index (χ0n) is 9.86. The van der Waals surface area contributed by atoms with Gasteiger partial charge in [0.05, 0.1) is 10.7 Å². The first-order valence-corrected chi connectivity index (χ1v) is 6.29. The Morgan fingerprint density at radius 3 is 2.87 bits per heavy atom. The van der Waals surface area contributed by atoms with Crippen LogP contribution >= 0.6 is 11.3 Å². The van der Waals surface area contributed by atoms with Crippen molar-refractivity contribution in [3.8, 4) is 0 Å². The molecule has 0 aliphatic rings. The van der Waals surface area contributed by atoms with Gasteiger partial charge in [0.2, 0.25) is 0 Å². The summed E-state index contributed by atoms with van der Waals surface area (Å²) in [7, 11) is 2.14. The highest BCUT2D eigenvalue weighted by molar-refractivity contribution is 7.09. The number of rotatable bonds is 6. The molecule has 0 aromatic carbocycles. The molecule has 1 unspecified atom stereocenters. The van der Waals surface area contributed by atoms with Crippen LogP contribution in [0.15, 0.2) is 5.38 Å². The van der Waals surface area contributed by atoms with E-state index in [-0.39, 0.29) is 0 Å². The van der Waals surface area contributed by atoms with Crippen LogP contribution in [0.2, 0.25) is 0 Å². The van der Waals surface area contributed by atoms with Crippen molar-refractivity contribution >= 4 is 11.3 Å². The smallest absolute Gasteiger partial charge is 0.0897 e. The van der Waals surface area contributed by atoms with Gasteiger partial charge in [0.25, 0.3) is 0 Å². The standard InChI is InChI=1S/C11H21N3S/c1-9(4-5-12)6-14(3)7-11-8-15-10(2)13-11/h8-9H,4-7,12H2,1-3H3. The average Bonchev–Trinajstić information content (AvgIpc) is 2.51. The van der Waals surface area contributed by atoms with Crippen molar-refractivity contribution in [3.63, 3.8) is 0 Å². The van der Waals surface area contributed by atoms with Gasteiger partial charge in [0.1, 0.15) is 0 Å². The molecule has 86 valence electrons. The van der Waals surface area contributed by atoms with Crippen molar-refractivity contribution in [2.45, 2.75) is 26.8 Å². The number of hydrogen-bond acceptors (Lipinski definition) is 4. The molecule has 0 radical (unpaired) electrons. The van der Waals surface area contributed by atoms with E-state index in [2.05, 4.69) is 29.2 Å². The van der Waals surface area contributed by atoms with E-state index in [0.717, 1.165) is 31.1 Å². The predicted octanol–water partition coefficient (Wildman–Crippen LogP) is 1.87. The Labute approximate surface area is 96.3 Å². The van der Waals surface area contributed by atoms with Crippen LogP contribution in [0.5, 0.6) is 0 Å². The van der Waals surface area contributed by atoms with Crippen LogP contribution in [0.25, 0.3) is 0 Å². The van der Waals surface area contributed by atoms with Crippen LogP contribution in [0.3, 0.4) is 0 Å². The van der Waals surface area contributed by atoms with Crippen LogP contribution < -0.4 is 5.73 Å². The van der Waals surface area contributed by atoms with Gasteiger partial charge < -0.3 is 10.6 Å². The number of thiazole rings is 1. The van der Waals surface area contributed by atoms with Crippen molar-refractivity contribution in [2.75, 3.05) is 20.1 Å². The first-order chi connectivity index (χ1) is 7.11. The molecule has 0 bridgehead atoms. The molecule has 0 saturated heterocycles. The lowest BCUT2D eigenvalue weighted by Crippen LogP contribution is -2.25. The summed E-state index contributed by atoms with van der Waals surface area (Å²) in [6.45, 7) is 7.11. The van der Waals surface area contributed by atoms with E-state index in [1.807, 2.05) is 6.92 Å². The van der Waals surface area contributed by atoms with Gasteiger partial charge in [-0.15, -0.1) is 11.3 Å². The predicted molar refractivity (Wildman–Crippen MR) is 66.0 cm³/mol. The fourth-order valence-electron chi connectivity index (χ4n) is 1.73. The third-order valence-corrected chi connectivity index (χ3v) is 3.20. The van der Waals surface area contributed by atoms with E-state index < -0.39 is 0 Å². The second-order valence-electron chi connectivity index (χ2n) is 4.24. The summed E-state index contributed by atoms with van der Waals surface area (Å²) in [5, 5.41) is 3.28. The van der Waals surface area contributed by atoms with Gasteiger partial charge >= 0.3 is 0 Å². The molecule has 15 heavy (non-hydrogen) atoms. The third kappa shape index (κ3) is 4.73. The Balaban J connectivity index is 2.32. The van der Waals surface area contributed by atoms with Crippen molar-refractivity contribution in [1.82, 2.24) is 9.88 Å². The monoisotopic (exact) mass is 227 g/mol. The van der Waals surface area contributed by atoms with Crippen LogP contribution in [0.1, 0.15) is 24.0 Å². The minimum Gasteiger partial charge on any atom is -0.330 e. The van der Waals surface area contributed by atoms with Gasteiger partial charge in [0.15, 0.2) is 0 Å². The Morgan fingerprint density at radius 1 is 1.60 bits per heavy atom. The molecule has 1 rings (SSSR count). The van der Waals surface area contributed by atoms with Crippen LogP contribution in [0, 0.1) is 12.8 Å². The lowest BCUT2D eigenvalue weighted by Gasteiger charge is -2.19. The highest BCUT2D eigenvalue weighted by Gasteiger charge is 2.07. The van der Waals surface area contributed by atoms with Gasteiger partial charge in [-0.25, -0.2) is 4.98 Å². The number of aromatic nitrogens is 1. The maximum atomic E-state index is 5.53. The number of nitrogens with zero attached hydrogens (tertiary/aromatic N) is 2. The fraction of sp³-hybridized carbons (Fsp3) is 0.727. The quantitative estimate of drug-likeness (QED) is 0.806. The van der Waals surface area contributed by atoms with Gasteiger partial charge in [-0.1, -0.05) is 6.92 Å². The Morgan fingerprint density at radius 2 is 2.33 bits per heavy atom. The maximum absolute atomic E-state index is 5.53. The average molecular weight is 227 g/mol. The number of nitrogens with two attached hydrogens (primary N) is 1. The van der Waals surface area contributed by atoms with Crippen LogP contribution in [-0.2, 0) is 6.54 Å². The molecule has 0 saturated carbocycles. The fourth-order valence-corrected chi connectivity index (χ4v) is 2.33. The van der Waals surface area contributed by atoms with Gasteiger partial charge in [-0.3, -0.25) is 0 Å². The molecule has 0 aliphatic carbocycles. The molecule has 1 atom stereocenters. The van der Waals surface area contributed by atoms with Gasteiger partial charge in [-0.05, 0) is 32.9 Å². The minimum atomic E-state index is 0.666. The summed E-state index contributed by atoms with van der Waals surface area (Å²) in [5.41, 5.74) is 6.71. The molecule has 1 aromatic rings. The molecule has 0 spiro atoms. The van der Waals surface area contributed by atoms with E-state index >= 15 is 0 Å². The summed E-state index contributed by atoms with van der Waals surface area (Å²) in [6, 6.07) is 0. The summed E-state index contributed by atoms with van der Waals surface area (Å²) in [6.07, 6.45) is 1.10. The van der Waals surface area contributed by atoms with E-state index in [1.54, 1.807) is 11.3 Å². The minimum absolute atomic E-state index is 0.666. The molecule has 1 aromatic heterocycles. The van der Waals surface area contributed by atoms with Crippen LogP contribution in [0.4, 0.5) is 0 Å². The van der Waals surface area contributed by atoms with E-state index in [0.29, 0.717) is 5.92 Å². The first-order valence-electron chi connectivity index (χ1n) is 5.41. The Hall–Kier alpha value is -0.450. The largest absolute Gasteiger partial charge is 0.330 e. The highest BCUT2D eigenvalue weighted by atomic mass is 32.1. The first kappa shape index (κ1) is 12.6. The molecule has 1 heterocycles. The topological polar surface area (TPSA) is 42.2 Å². The third-order valence-electron chi connectivity index (χ3n) is 2.38. The lowest BCUT2D eigenvalue weighted by atomic mass is 10.1. The lowest BCUT2D eigenvalue weighted by molar-refractivity contribution is 0.270. The van der Waals surface area contributed by atoms with Crippen molar-refractivity contribution in [3.05, 3.63) is 16.1 Å². The number of hydrogen-bond donors (Lipinski definition) is 1. The van der Waals surface area contributed by atoms with Crippen molar-refractivity contribution < 1.29 is 0 Å². The number of aryl methyl sites for hydroxylation is 1. The molecule has 3 nitrogen and oxygen atoms in total.